The second-order valence-electron chi connectivity index (χ2n) is 9.10. The predicted octanol–water partition coefficient (Wildman–Crippen LogP) is 3.99. The SMILES string of the molecule is CNC(Oc1ccc(Cl)c(-c2nc(-c3c(C)noc3C)c(C)c(N3Cc4cncnc4C3)n2)c1)[C@@H](C)O. The van der Waals surface area contributed by atoms with Gasteiger partial charge in [0.2, 0.25) is 0 Å². The summed E-state index contributed by atoms with van der Waals surface area (Å²) in [5.74, 6) is 2.39. The molecule has 0 saturated heterocycles. The van der Waals surface area contributed by atoms with Crippen LogP contribution in [0.1, 0.15) is 35.2 Å². The largest absolute Gasteiger partial charge is 0.473 e. The molecule has 37 heavy (non-hydrogen) atoms. The number of aliphatic hydroxyl groups is 1. The number of hydrogen-bond donors (Lipinski definition) is 2. The molecule has 4 aromatic rings. The number of likely N-dealkylation sites (N-methyl/N-ethyl adjacent to an activating group) is 1. The second-order valence-corrected chi connectivity index (χ2v) is 9.51. The Bertz CT molecular complexity index is 1410. The highest BCUT2D eigenvalue weighted by Crippen LogP contribution is 2.38. The molecule has 0 saturated carbocycles. The monoisotopic (exact) mass is 521 g/mol. The van der Waals surface area contributed by atoms with Crippen molar-refractivity contribution in [2.75, 3.05) is 11.9 Å². The van der Waals surface area contributed by atoms with Gasteiger partial charge < -0.3 is 19.3 Å². The molecule has 0 bridgehead atoms. The van der Waals surface area contributed by atoms with E-state index in [1.807, 2.05) is 27.0 Å². The maximum atomic E-state index is 10.0. The van der Waals surface area contributed by atoms with Crippen LogP contribution in [0.5, 0.6) is 5.75 Å². The van der Waals surface area contributed by atoms with Gasteiger partial charge in [0.05, 0.1) is 34.2 Å². The number of benzene rings is 1. The van der Waals surface area contributed by atoms with Crippen LogP contribution < -0.4 is 15.0 Å². The molecule has 192 valence electrons. The summed E-state index contributed by atoms with van der Waals surface area (Å²) in [6.45, 7) is 8.64. The summed E-state index contributed by atoms with van der Waals surface area (Å²) in [5.41, 5.74) is 5.81. The number of nitrogens with one attached hydrogen (secondary N) is 1. The zero-order valence-electron chi connectivity index (χ0n) is 21.3. The Hall–Kier alpha value is -3.60. The fourth-order valence-electron chi connectivity index (χ4n) is 4.54. The Morgan fingerprint density at radius 3 is 2.68 bits per heavy atom. The van der Waals surface area contributed by atoms with Gasteiger partial charge in [-0.15, -0.1) is 0 Å². The van der Waals surface area contributed by atoms with Crippen molar-refractivity contribution in [3.05, 3.63) is 64.0 Å². The Morgan fingerprint density at radius 2 is 2.00 bits per heavy atom. The van der Waals surface area contributed by atoms with Crippen molar-refractivity contribution in [2.24, 2.45) is 0 Å². The lowest BCUT2D eigenvalue weighted by Gasteiger charge is -2.23. The van der Waals surface area contributed by atoms with Crippen molar-refractivity contribution in [3.63, 3.8) is 0 Å². The molecule has 10 nitrogen and oxygen atoms in total. The van der Waals surface area contributed by atoms with Gasteiger partial charge in [0.15, 0.2) is 12.1 Å². The lowest BCUT2D eigenvalue weighted by atomic mass is 10.0. The van der Waals surface area contributed by atoms with E-state index in [4.69, 9.17) is 30.8 Å². The highest BCUT2D eigenvalue weighted by Gasteiger charge is 2.28. The number of fused-ring (bicyclic) bond motifs is 1. The first-order valence-electron chi connectivity index (χ1n) is 11.9. The number of anilines is 1. The third kappa shape index (κ3) is 4.75. The lowest BCUT2D eigenvalue weighted by molar-refractivity contribution is 0.0321. The molecule has 1 aromatic carbocycles. The fourth-order valence-corrected chi connectivity index (χ4v) is 4.74. The zero-order valence-corrected chi connectivity index (χ0v) is 22.0. The molecule has 1 unspecified atom stereocenters. The molecule has 1 aliphatic heterocycles. The molecule has 5 rings (SSSR count). The third-order valence-electron chi connectivity index (χ3n) is 6.44. The van der Waals surface area contributed by atoms with Gasteiger partial charge in [-0.2, -0.15) is 0 Å². The first kappa shape index (κ1) is 25.1. The van der Waals surface area contributed by atoms with Crippen LogP contribution in [0.15, 0.2) is 35.2 Å². The normalized spacial score (nSPS) is 14.5. The average Bonchev–Trinajstić information content (AvgIpc) is 3.46. The summed E-state index contributed by atoms with van der Waals surface area (Å²) in [6.07, 6.45) is 2.09. The van der Waals surface area contributed by atoms with Crippen molar-refractivity contribution in [1.82, 2.24) is 30.4 Å². The number of halogens is 1. The lowest BCUT2D eigenvalue weighted by Crippen LogP contribution is -2.40. The summed E-state index contributed by atoms with van der Waals surface area (Å²) < 4.78 is 11.4. The van der Waals surface area contributed by atoms with E-state index in [-0.39, 0.29) is 0 Å². The highest BCUT2D eigenvalue weighted by molar-refractivity contribution is 6.33. The minimum absolute atomic E-state index is 0.436. The molecule has 0 aliphatic carbocycles. The molecule has 0 radical (unpaired) electrons. The average molecular weight is 522 g/mol. The van der Waals surface area contributed by atoms with Gasteiger partial charge in [0.25, 0.3) is 0 Å². The van der Waals surface area contributed by atoms with Crippen molar-refractivity contribution in [2.45, 2.75) is 53.1 Å². The molecule has 3 aromatic heterocycles. The van der Waals surface area contributed by atoms with Crippen molar-refractivity contribution < 1.29 is 14.4 Å². The van der Waals surface area contributed by atoms with E-state index < -0.39 is 12.3 Å². The predicted molar refractivity (Wildman–Crippen MR) is 139 cm³/mol. The molecule has 0 spiro atoms. The zero-order chi connectivity index (χ0) is 26.3. The van der Waals surface area contributed by atoms with Gasteiger partial charge in [-0.05, 0) is 52.9 Å². The first-order chi connectivity index (χ1) is 17.8. The summed E-state index contributed by atoms with van der Waals surface area (Å²) >= 11 is 6.67. The topological polar surface area (TPSA) is 122 Å². The number of aromatic nitrogens is 5. The number of rotatable bonds is 7. The Kier molecular flexibility index (Phi) is 6.80. The van der Waals surface area contributed by atoms with Crippen LogP contribution in [0.2, 0.25) is 5.02 Å². The highest BCUT2D eigenvalue weighted by atomic mass is 35.5. The van der Waals surface area contributed by atoms with E-state index in [0.29, 0.717) is 41.0 Å². The minimum Gasteiger partial charge on any atom is -0.473 e. The molecule has 0 amide bonds. The smallest absolute Gasteiger partial charge is 0.175 e. The molecule has 2 atom stereocenters. The van der Waals surface area contributed by atoms with Gasteiger partial charge in [-0.25, -0.2) is 19.9 Å². The van der Waals surface area contributed by atoms with E-state index in [1.165, 1.54) is 0 Å². The van der Waals surface area contributed by atoms with E-state index in [0.717, 1.165) is 39.6 Å². The summed E-state index contributed by atoms with van der Waals surface area (Å²) in [6, 6.07) is 5.27. The molecule has 11 heteroatoms. The third-order valence-corrected chi connectivity index (χ3v) is 6.77. The quantitative estimate of drug-likeness (QED) is 0.345. The molecule has 0 fully saturated rings. The standard InChI is InChI=1S/C26H28ClN7O3/c1-13-23(22-14(2)33-37-16(22)4)31-24(32-25(13)34-10-17-9-29-12-30-21(17)11-34)19-8-18(6-7-20(19)27)36-26(28-5)15(3)35/h6-9,12,15,26,28,35H,10-11H2,1-5H3/t15-,26?/m1/s1. The van der Waals surface area contributed by atoms with Crippen LogP contribution in [0, 0.1) is 20.8 Å². The molecule has 1 aliphatic rings. The minimum atomic E-state index is -0.725. The van der Waals surface area contributed by atoms with Gasteiger partial charge in [0.1, 0.15) is 29.8 Å². The Balaban J connectivity index is 1.65. The number of aryl methyl sites for hydroxylation is 2. The maximum absolute atomic E-state index is 10.0. The second kappa shape index (κ2) is 10.0. The van der Waals surface area contributed by atoms with Crippen LogP contribution in [-0.2, 0) is 13.1 Å². The number of ether oxygens (including phenoxy) is 1. The summed E-state index contributed by atoms with van der Waals surface area (Å²) in [5, 5.41) is 17.6. The van der Waals surface area contributed by atoms with Gasteiger partial charge in [0, 0.05) is 29.4 Å². The van der Waals surface area contributed by atoms with E-state index in [2.05, 4.69) is 25.3 Å². The van der Waals surface area contributed by atoms with E-state index >= 15 is 0 Å². The number of hydrogen-bond acceptors (Lipinski definition) is 10. The van der Waals surface area contributed by atoms with Crippen LogP contribution in [0.3, 0.4) is 0 Å². The Labute approximate surface area is 219 Å². The summed E-state index contributed by atoms with van der Waals surface area (Å²) in [7, 11) is 1.72. The van der Waals surface area contributed by atoms with Gasteiger partial charge in [-0.3, -0.25) is 5.32 Å². The van der Waals surface area contributed by atoms with Gasteiger partial charge in [-0.1, -0.05) is 16.8 Å². The number of nitrogens with zero attached hydrogens (tertiary/aromatic N) is 6. The van der Waals surface area contributed by atoms with E-state index in [9.17, 15) is 5.11 Å². The molecular weight excluding hydrogens is 494 g/mol. The molecular formula is C26H28ClN7O3. The van der Waals surface area contributed by atoms with Crippen molar-refractivity contribution in [3.8, 4) is 28.4 Å². The maximum Gasteiger partial charge on any atom is 0.175 e. The first-order valence-corrected chi connectivity index (χ1v) is 12.3. The van der Waals surface area contributed by atoms with Crippen LogP contribution in [-0.4, -0.2) is 49.6 Å². The molecule has 4 heterocycles. The van der Waals surface area contributed by atoms with Crippen LogP contribution in [0.4, 0.5) is 5.82 Å². The van der Waals surface area contributed by atoms with Crippen LogP contribution >= 0.6 is 11.6 Å². The molecule has 2 N–H and O–H groups in total. The Morgan fingerprint density at radius 1 is 1.19 bits per heavy atom. The number of aliphatic hydroxyl groups excluding tert-OH is 1. The van der Waals surface area contributed by atoms with Crippen molar-refractivity contribution >= 4 is 17.4 Å². The van der Waals surface area contributed by atoms with Crippen LogP contribution in [0.25, 0.3) is 22.6 Å². The van der Waals surface area contributed by atoms with E-state index in [1.54, 1.807) is 38.5 Å². The van der Waals surface area contributed by atoms with Crippen molar-refractivity contribution in [1.29, 1.82) is 0 Å². The van der Waals surface area contributed by atoms with Gasteiger partial charge >= 0.3 is 0 Å². The fraction of sp³-hybridized carbons (Fsp3) is 0.346. The summed E-state index contributed by atoms with van der Waals surface area (Å²) in [4.78, 5) is 20.7.